The summed E-state index contributed by atoms with van der Waals surface area (Å²) in [5.41, 5.74) is 0. The molecule has 5 nitrogen and oxygen atoms in total. The highest BCUT2D eigenvalue weighted by Crippen LogP contribution is 2.10. The van der Waals surface area contributed by atoms with E-state index in [9.17, 15) is 0 Å². The Labute approximate surface area is 102 Å². The van der Waals surface area contributed by atoms with Gasteiger partial charge < -0.3 is 15.2 Å². The van der Waals surface area contributed by atoms with E-state index in [1.807, 2.05) is 6.92 Å². The van der Waals surface area contributed by atoms with Gasteiger partial charge in [-0.3, -0.25) is 0 Å². The molecule has 1 aliphatic rings. The van der Waals surface area contributed by atoms with E-state index in [4.69, 9.17) is 4.52 Å². The maximum atomic E-state index is 5.07. The minimum Gasteiger partial charge on any atom is -0.339 e. The third-order valence-corrected chi connectivity index (χ3v) is 3.20. The van der Waals surface area contributed by atoms with Crippen LogP contribution >= 0.6 is 0 Å². The zero-order chi connectivity index (χ0) is 12.1. The number of aryl methyl sites for hydroxylation is 1. The first-order chi connectivity index (χ1) is 8.24. The van der Waals surface area contributed by atoms with Gasteiger partial charge in [-0.05, 0) is 39.7 Å². The molecule has 0 aromatic carbocycles. The molecule has 96 valence electrons. The van der Waals surface area contributed by atoms with Gasteiger partial charge in [0.1, 0.15) is 0 Å². The van der Waals surface area contributed by atoms with Crippen LogP contribution in [0.2, 0.25) is 0 Å². The van der Waals surface area contributed by atoms with Crippen LogP contribution in [0.15, 0.2) is 4.52 Å². The van der Waals surface area contributed by atoms with Gasteiger partial charge in [-0.1, -0.05) is 5.16 Å². The summed E-state index contributed by atoms with van der Waals surface area (Å²) in [5, 5.41) is 10.8. The van der Waals surface area contributed by atoms with E-state index in [1.54, 1.807) is 0 Å². The second-order valence-corrected chi connectivity index (χ2v) is 4.87. The summed E-state index contributed by atoms with van der Waals surface area (Å²) in [4.78, 5) is 4.18. The van der Waals surface area contributed by atoms with Gasteiger partial charge in [-0.15, -0.1) is 0 Å². The smallest absolute Gasteiger partial charge is 0.227 e. The van der Waals surface area contributed by atoms with Gasteiger partial charge in [0, 0.05) is 25.0 Å². The molecule has 5 heteroatoms. The van der Waals surface area contributed by atoms with Crippen molar-refractivity contribution in [3.63, 3.8) is 0 Å². The van der Waals surface area contributed by atoms with Crippen molar-refractivity contribution in [2.24, 2.45) is 0 Å². The van der Waals surface area contributed by atoms with Crippen molar-refractivity contribution in [3.8, 4) is 0 Å². The van der Waals surface area contributed by atoms with Crippen LogP contribution in [0.1, 0.15) is 37.9 Å². The van der Waals surface area contributed by atoms with E-state index in [0.717, 1.165) is 18.9 Å². The van der Waals surface area contributed by atoms with Gasteiger partial charge in [0.25, 0.3) is 0 Å². The molecule has 0 spiro atoms. The van der Waals surface area contributed by atoms with Crippen molar-refractivity contribution in [1.29, 1.82) is 0 Å². The summed E-state index contributed by atoms with van der Waals surface area (Å²) >= 11 is 0. The first-order valence-electron chi connectivity index (χ1n) is 6.50. The van der Waals surface area contributed by atoms with Crippen molar-refractivity contribution in [3.05, 3.63) is 11.7 Å². The molecular formula is C12H22N4O. The molecule has 2 N–H and O–H groups in total. The molecule has 0 bridgehead atoms. The normalized spacial score (nSPS) is 21.9. The number of hydrogen-bond acceptors (Lipinski definition) is 5. The molecule has 1 fully saturated rings. The number of aromatic nitrogens is 2. The van der Waals surface area contributed by atoms with Crippen LogP contribution in [0.25, 0.3) is 0 Å². The molecule has 2 unspecified atom stereocenters. The molecule has 0 radical (unpaired) electrons. The van der Waals surface area contributed by atoms with Crippen molar-refractivity contribution < 1.29 is 4.52 Å². The summed E-state index contributed by atoms with van der Waals surface area (Å²) in [6.45, 7) is 6.15. The highest BCUT2D eigenvalue weighted by atomic mass is 16.5. The van der Waals surface area contributed by atoms with Crippen LogP contribution < -0.4 is 10.6 Å². The predicted octanol–water partition coefficient (Wildman–Crippen LogP) is 1.04. The maximum Gasteiger partial charge on any atom is 0.227 e. The molecule has 0 aliphatic carbocycles. The van der Waals surface area contributed by atoms with Crippen LogP contribution in [0, 0.1) is 6.92 Å². The fraction of sp³-hybridized carbons (Fsp3) is 0.833. The predicted molar refractivity (Wildman–Crippen MR) is 65.8 cm³/mol. The fourth-order valence-corrected chi connectivity index (χ4v) is 2.34. The van der Waals surface area contributed by atoms with E-state index in [-0.39, 0.29) is 0 Å². The van der Waals surface area contributed by atoms with Gasteiger partial charge >= 0.3 is 0 Å². The Morgan fingerprint density at radius 1 is 1.59 bits per heavy atom. The molecular weight excluding hydrogens is 216 g/mol. The summed E-state index contributed by atoms with van der Waals surface area (Å²) in [6.07, 6.45) is 4.64. The Kier molecular flexibility index (Phi) is 4.50. The van der Waals surface area contributed by atoms with Crippen molar-refractivity contribution in [1.82, 2.24) is 20.8 Å². The van der Waals surface area contributed by atoms with Crippen LogP contribution in [-0.2, 0) is 6.42 Å². The summed E-state index contributed by atoms with van der Waals surface area (Å²) in [6, 6.07) is 1.23. The molecule has 0 amide bonds. The zero-order valence-corrected chi connectivity index (χ0v) is 10.7. The summed E-state index contributed by atoms with van der Waals surface area (Å²) in [7, 11) is 0. The van der Waals surface area contributed by atoms with Gasteiger partial charge in [-0.2, -0.15) is 4.98 Å². The highest BCUT2D eigenvalue weighted by Gasteiger charge is 2.16. The third-order valence-electron chi connectivity index (χ3n) is 3.20. The van der Waals surface area contributed by atoms with Crippen molar-refractivity contribution in [2.45, 2.75) is 51.6 Å². The largest absolute Gasteiger partial charge is 0.339 e. The molecule has 0 saturated carbocycles. The van der Waals surface area contributed by atoms with Gasteiger partial charge in [0.2, 0.25) is 5.89 Å². The molecule has 1 aliphatic heterocycles. The lowest BCUT2D eigenvalue weighted by Crippen LogP contribution is -2.34. The van der Waals surface area contributed by atoms with E-state index in [0.29, 0.717) is 17.9 Å². The van der Waals surface area contributed by atoms with Crippen molar-refractivity contribution in [2.75, 3.05) is 13.1 Å². The molecule has 17 heavy (non-hydrogen) atoms. The second-order valence-electron chi connectivity index (χ2n) is 4.87. The average molecular weight is 238 g/mol. The van der Waals surface area contributed by atoms with E-state index in [1.165, 1.54) is 25.8 Å². The molecule has 2 atom stereocenters. The highest BCUT2D eigenvalue weighted by molar-refractivity contribution is 4.84. The van der Waals surface area contributed by atoms with E-state index >= 15 is 0 Å². The topological polar surface area (TPSA) is 63.0 Å². The first-order valence-corrected chi connectivity index (χ1v) is 6.50. The Bertz CT molecular complexity index is 333. The second kappa shape index (κ2) is 6.12. The Morgan fingerprint density at radius 2 is 2.47 bits per heavy atom. The standard InChI is InChI=1S/C12H22N4O/c1-9(8-11-4-3-6-14-11)13-7-5-12-15-10(2)16-17-12/h9,11,13-14H,3-8H2,1-2H3. The molecule has 1 aromatic heterocycles. The molecule has 1 saturated heterocycles. The SMILES string of the molecule is Cc1noc(CCNC(C)CC2CCCN2)n1. The summed E-state index contributed by atoms with van der Waals surface area (Å²) in [5.74, 6) is 1.43. The van der Waals surface area contributed by atoms with Gasteiger partial charge in [0.15, 0.2) is 5.82 Å². The van der Waals surface area contributed by atoms with Crippen LogP contribution in [-0.4, -0.2) is 35.3 Å². The number of rotatable bonds is 6. The average Bonchev–Trinajstić information content (AvgIpc) is 2.90. The number of hydrogen-bond donors (Lipinski definition) is 2. The van der Waals surface area contributed by atoms with Gasteiger partial charge in [-0.25, -0.2) is 0 Å². The molecule has 2 rings (SSSR count). The van der Waals surface area contributed by atoms with Crippen molar-refractivity contribution >= 4 is 0 Å². The number of nitrogens with zero attached hydrogens (tertiary/aromatic N) is 2. The van der Waals surface area contributed by atoms with E-state index < -0.39 is 0 Å². The van der Waals surface area contributed by atoms with Gasteiger partial charge in [0.05, 0.1) is 0 Å². The quantitative estimate of drug-likeness (QED) is 0.775. The third kappa shape index (κ3) is 4.09. The van der Waals surface area contributed by atoms with Crippen LogP contribution in [0.4, 0.5) is 0 Å². The lowest BCUT2D eigenvalue weighted by atomic mass is 10.1. The first kappa shape index (κ1) is 12.5. The monoisotopic (exact) mass is 238 g/mol. The Balaban J connectivity index is 1.60. The Morgan fingerprint density at radius 3 is 3.12 bits per heavy atom. The molecule has 2 heterocycles. The lowest BCUT2D eigenvalue weighted by Gasteiger charge is -2.17. The van der Waals surface area contributed by atoms with Crippen LogP contribution in [0.5, 0.6) is 0 Å². The zero-order valence-electron chi connectivity index (χ0n) is 10.7. The van der Waals surface area contributed by atoms with Crippen LogP contribution in [0.3, 0.4) is 0 Å². The minimum absolute atomic E-state index is 0.537. The molecule has 1 aromatic rings. The van der Waals surface area contributed by atoms with E-state index in [2.05, 4.69) is 27.7 Å². The maximum absolute atomic E-state index is 5.07. The lowest BCUT2D eigenvalue weighted by molar-refractivity contribution is 0.366. The minimum atomic E-state index is 0.537. The fourth-order valence-electron chi connectivity index (χ4n) is 2.34. The Hall–Kier alpha value is -0.940. The summed E-state index contributed by atoms with van der Waals surface area (Å²) < 4.78 is 5.07. The number of nitrogens with one attached hydrogen (secondary N) is 2.